The fraction of sp³-hybridized carbons (Fsp3) is 0.273. The fourth-order valence-corrected chi connectivity index (χ4v) is 1.23. The summed E-state index contributed by atoms with van der Waals surface area (Å²) in [5.41, 5.74) is 13.3. The number of rotatable bonds is 6. The van der Waals surface area contributed by atoms with Gasteiger partial charge in [-0.1, -0.05) is 12.1 Å². The third-order valence-corrected chi connectivity index (χ3v) is 2.12. The van der Waals surface area contributed by atoms with Crippen LogP contribution in [-0.4, -0.2) is 29.6 Å². The molecule has 0 saturated carbocycles. The second-order valence-corrected chi connectivity index (χ2v) is 3.70. The summed E-state index contributed by atoms with van der Waals surface area (Å²) in [6, 6.07) is 5.51. The number of nitrogens with one attached hydrogen (secondary N) is 1. The van der Waals surface area contributed by atoms with Crippen LogP contribution < -0.4 is 16.9 Å². The molecule has 0 radical (unpaired) electrons. The van der Waals surface area contributed by atoms with E-state index in [4.69, 9.17) is 16.6 Å². The summed E-state index contributed by atoms with van der Waals surface area (Å²) in [7, 11) is 0. The Morgan fingerprint density at radius 3 is 2.50 bits per heavy atom. The molecular weight excluding hydrogens is 238 g/mol. The van der Waals surface area contributed by atoms with E-state index in [-0.39, 0.29) is 12.2 Å². The Labute approximate surface area is 104 Å². The fourth-order valence-electron chi connectivity index (χ4n) is 1.23. The maximum Gasteiger partial charge on any atom is 0.260 e. The Kier molecular flexibility index (Phi) is 5.09. The lowest BCUT2D eigenvalue weighted by atomic mass is 10.1. The van der Waals surface area contributed by atoms with Gasteiger partial charge in [0, 0.05) is 0 Å². The van der Waals surface area contributed by atoms with Crippen molar-refractivity contribution in [2.75, 3.05) is 6.61 Å². The van der Waals surface area contributed by atoms with Crippen molar-refractivity contribution in [3.8, 4) is 5.75 Å². The summed E-state index contributed by atoms with van der Waals surface area (Å²) in [6.07, 6.45) is 0.284. The number of hydrogen-bond donors (Lipinski definition) is 4. The van der Waals surface area contributed by atoms with Gasteiger partial charge in [0.25, 0.3) is 5.91 Å². The molecule has 0 fully saturated rings. The number of amides is 2. The van der Waals surface area contributed by atoms with Gasteiger partial charge in [-0.15, -0.1) is 0 Å². The van der Waals surface area contributed by atoms with Crippen LogP contribution in [0.4, 0.5) is 0 Å². The summed E-state index contributed by atoms with van der Waals surface area (Å²) in [5.74, 6) is -1.10. The minimum absolute atomic E-state index is 0.140. The number of primary amides is 1. The third kappa shape index (κ3) is 4.81. The van der Waals surface area contributed by atoms with Crippen LogP contribution in [0.2, 0.25) is 0 Å². The van der Waals surface area contributed by atoms with Gasteiger partial charge in [0.2, 0.25) is 5.91 Å². The summed E-state index contributed by atoms with van der Waals surface area (Å²) >= 11 is 0. The maximum absolute atomic E-state index is 11.4. The SMILES string of the molecule is NC(=O)CONC(=O)[C@H](N)Cc1ccc(O)cc1. The lowest BCUT2D eigenvalue weighted by Crippen LogP contribution is -2.43. The minimum Gasteiger partial charge on any atom is -0.508 e. The average molecular weight is 253 g/mol. The molecule has 0 aromatic heterocycles. The molecule has 1 rings (SSSR count). The van der Waals surface area contributed by atoms with Gasteiger partial charge in [-0.25, -0.2) is 5.48 Å². The topological polar surface area (TPSA) is 128 Å². The van der Waals surface area contributed by atoms with Crippen molar-refractivity contribution in [3.05, 3.63) is 29.8 Å². The molecule has 0 unspecified atom stereocenters. The highest BCUT2D eigenvalue weighted by atomic mass is 16.7. The van der Waals surface area contributed by atoms with Gasteiger partial charge in [0.05, 0.1) is 6.04 Å². The molecule has 18 heavy (non-hydrogen) atoms. The number of carbonyl (C=O) groups is 2. The maximum atomic E-state index is 11.4. The van der Waals surface area contributed by atoms with E-state index in [1.807, 2.05) is 5.48 Å². The number of hydrogen-bond acceptors (Lipinski definition) is 5. The standard InChI is InChI=1S/C11H15N3O4/c12-9(11(17)14-18-6-10(13)16)5-7-1-3-8(15)4-2-7/h1-4,9,15H,5-6,12H2,(H2,13,16)(H,14,17)/t9-/m1/s1. The van der Waals surface area contributed by atoms with Crippen molar-refractivity contribution >= 4 is 11.8 Å². The van der Waals surface area contributed by atoms with E-state index in [0.29, 0.717) is 0 Å². The van der Waals surface area contributed by atoms with E-state index in [1.54, 1.807) is 12.1 Å². The lowest BCUT2D eigenvalue weighted by molar-refractivity contribution is -0.138. The smallest absolute Gasteiger partial charge is 0.260 e. The minimum atomic E-state index is -0.817. The number of phenolic OH excluding ortho intramolecular Hbond substituents is 1. The normalized spacial score (nSPS) is 11.8. The van der Waals surface area contributed by atoms with Gasteiger partial charge < -0.3 is 16.6 Å². The highest BCUT2D eigenvalue weighted by Gasteiger charge is 2.14. The van der Waals surface area contributed by atoms with Crippen molar-refractivity contribution in [2.45, 2.75) is 12.5 Å². The molecular formula is C11H15N3O4. The van der Waals surface area contributed by atoms with Crippen LogP contribution in [-0.2, 0) is 20.8 Å². The monoisotopic (exact) mass is 253 g/mol. The predicted molar refractivity (Wildman–Crippen MR) is 63.1 cm³/mol. The molecule has 0 aliphatic rings. The molecule has 0 aliphatic heterocycles. The molecule has 98 valence electrons. The summed E-state index contributed by atoms with van der Waals surface area (Å²) in [6.45, 7) is -0.405. The van der Waals surface area contributed by atoms with Crippen molar-refractivity contribution in [1.82, 2.24) is 5.48 Å². The zero-order valence-corrected chi connectivity index (χ0v) is 9.63. The first-order valence-electron chi connectivity index (χ1n) is 5.22. The molecule has 0 aliphatic carbocycles. The first-order chi connectivity index (χ1) is 8.49. The predicted octanol–water partition coefficient (Wildman–Crippen LogP) is -1.20. The van der Waals surface area contributed by atoms with Crippen LogP contribution in [0.5, 0.6) is 5.75 Å². The first-order valence-corrected chi connectivity index (χ1v) is 5.22. The third-order valence-electron chi connectivity index (χ3n) is 2.12. The average Bonchev–Trinajstić information content (AvgIpc) is 2.31. The highest BCUT2D eigenvalue weighted by molar-refractivity contribution is 5.81. The molecule has 2 amide bonds. The van der Waals surface area contributed by atoms with E-state index < -0.39 is 24.5 Å². The molecule has 0 saturated heterocycles. The summed E-state index contributed by atoms with van der Waals surface area (Å²) < 4.78 is 0. The molecule has 0 spiro atoms. The number of aromatic hydroxyl groups is 1. The van der Waals surface area contributed by atoms with Crippen LogP contribution in [0.25, 0.3) is 0 Å². The van der Waals surface area contributed by atoms with Crippen LogP contribution in [0, 0.1) is 0 Å². The zero-order chi connectivity index (χ0) is 13.5. The van der Waals surface area contributed by atoms with Crippen molar-refractivity contribution < 1.29 is 19.5 Å². The van der Waals surface area contributed by atoms with Gasteiger partial charge in [-0.3, -0.25) is 14.4 Å². The van der Waals surface area contributed by atoms with E-state index >= 15 is 0 Å². The molecule has 1 atom stereocenters. The number of hydroxylamine groups is 1. The number of nitrogens with two attached hydrogens (primary N) is 2. The molecule has 0 heterocycles. The molecule has 7 heteroatoms. The van der Waals surface area contributed by atoms with Gasteiger partial charge >= 0.3 is 0 Å². The van der Waals surface area contributed by atoms with E-state index in [0.717, 1.165) is 5.56 Å². The Morgan fingerprint density at radius 2 is 1.94 bits per heavy atom. The molecule has 0 bridgehead atoms. The van der Waals surface area contributed by atoms with E-state index in [2.05, 4.69) is 4.84 Å². The van der Waals surface area contributed by atoms with Crippen LogP contribution in [0.3, 0.4) is 0 Å². The Morgan fingerprint density at radius 1 is 1.33 bits per heavy atom. The van der Waals surface area contributed by atoms with E-state index in [9.17, 15) is 9.59 Å². The molecule has 1 aromatic carbocycles. The largest absolute Gasteiger partial charge is 0.508 e. The van der Waals surface area contributed by atoms with E-state index in [1.165, 1.54) is 12.1 Å². The van der Waals surface area contributed by atoms with Gasteiger partial charge in [0.15, 0.2) is 6.61 Å². The highest BCUT2D eigenvalue weighted by Crippen LogP contribution is 2.10. The van der Waals surface area contributed by atoms with Gasteiger partial charge in [0.1, 0.15) is 5.75 Å². The number of carbonyl (C=O) groups excluding carboxylic acids is 2. The molecule has 1 aromatic rings. The Bertz CT molecular complexity index is 419. The zero-order valence-electron chi connectivity index (χ0n) is 9.63. The Balaban J connectivity index is 2.39. The second-order valence-electron chi connectivity index (χ2n) is 3.70. The van der Waals surface area contributed by atoms with Gasteiger partial charge in [-0.2, -0.15) is 0 Å². The second kappa shape index (κ2) is 6.58. The van der Waals surface area contributed by atoms with Gasteiger partial charge in [-0.05, 0) is 24.1 Å². The van der Waals surface area contributed by atoms with Crippen molar-refractivity contribution in [3.63, 3.8) is 0 Å². The quantitative estimate of drug-likeness (QED) is 0.473. The van der Waals surface area contributed by atoms with Crippen molar-refractivity contribution in [2.24, 2.45) is 11.5 Å². The molecule has 6 N–H and O–H groups in total. The summed E-state index contributed by atoms with van der Waals surface area (Å²) in [5, 5.41) is 9.09. The van der Waals surface area contributed by atoms with Crippen LogP contribution in [0.15, 0.2) is 24.3 Å². The van der Waals surface area contributed by atoms with Crippen molar-refractivity contribution in [1.29, 1.82) is 0 Å². The number of benzene rings is 1. The summed E-state index contributed by atoms with van der Waals surface area (Å²) in [4.78, 5) is 26.3. The van der Waals surface area contributed by atoms with Crippen LogP contribution in [0.1, 0.15) is 5.56 Å². The lowest BCUT2D eigenvalue weighted by Gasteiger charge is -2.11. The first kappa shape index (κ1) is 13.9. The molecule has 7 nitrogen and oxygen atoms in total. The number of phenols is 1. The Hall–Kier alpha value is -2.12. The van der Waals surface area contributed by atoms with Crippen LogP contribution >= 0.6 is 0 Å².